The van der Waals surface area contributed by atoms with Gasteiger partial charge in [-0.2, -0.15) is 5.10 Å². The lowest BCUT2D eigenvalue weighted by atomic mass is 10.0. The van der Waals surface area contributed by atoms with Crippen molar-refractivity contribution in [1.82, 2.24) is 15.1 Å². The van der Waals surface area contributed by atoms with Gasteiger partial charge >= 0.3 is 0 Å². The van der Waals surface area contributed by atoms with Crippen LogP contribution in [0.3, 0.4) is 0 Å². The number of fused-ring (bicyclic) bond motifs is 1. The van der Waals surface area contributed by atoms with Crippen LogP contribution in [0.1, 0.15) is 37.4 Å². The standard InChI is InChI=1S/C17H23N3S/c1-3-9-18-17(14-11-19-20(4-2)12-14)16-10-13-7-5-6-8-15(13)21-16/h5-8,11-12,16-18H,3-4,9-10H2,1-2H3. The maximum atomic E-state index is 4.45. The van der Waals surface area contributed by atoms with Crippen LogP contribution in [0.5, 0.6) is 0 Å². The Hall–Kier alpha value is -1.26. The first-order chi connectivity index (χ1) is 10.3. The van der Waals surface area contributed by atoms with E-state index in [-0.39, 0.29) is 0 Å². The van der Waals surface area contributed by atoms with Crippen LogP contribution >= 0.6 is 11.8 Å². The van der Waals surface area contributed by atoms with Crippen LogP contribution in [-0.4, -0.2) is 21.6 Å². The van der Waals surface area contributed by atoms with Gasteiger partial charge in [0.05, 0.1) is 6.20 Å². The molecule has 1 aromatic carbocycles. The lowest BCUT2D eigenvalue weighted by molar-refractivity contribution is 0.513. The summed E-state index contributed by atoms with van der Waals surface area (Å²) >= 11 is 2.01. The Morgan fingerprint density at radius 2 is 2.24 bits per heavy atom. The van der Waals surface area contributed by atoms with Crippen LogP contribution in [0.2, 0.25) is 0 Å². The van der Waals surface area contributed by atoms with Gasteiger partial charge in [-0.15, -0.1) is 11.8 Å². The van der Waals surface area contributed by atoms with E-state index in [0.29, 0.717) is 11.3 Å². The highest BCUT2D eigenvalue weighted by atomic mass is 32.2. The van der Waals surface area contributed by atoms with Crippen LogP contribution in [0.25, 0.3) is 0 Å². The molecule has 21 heavy (non-hydrogen) atoms. The van der Waals surface area contributed by atoms with Crippen LogP contribution < -0.4 is 5.32 Å². The second-order valence-electron chi connectivity index (χ2n) is 5.53. The summed E-state index contributed by atoms with van der Waals surface area (Å²) in [6.45, 7) is 6.33. The summed E-state index contributed by atoms with van der Waals surface area (Å²) < 4.78 is 2.02. The SMILES string of the molecule is CCCNC(c1cnn(CC)c1)C1Cc2ccccc2S1. The average Bonchev–Trinajstić information content (AvgIpc) is 3.14. The quantitative estimate of drug-likeness (QED) is 0.883. The molecule has 1 aromatic heterocycles. The van der Waals surface area contributed by atoms with Crippen molar-refractivity contribution < 1.29 is 0 Å². The van der Waals surface area contributed by atoms with Crippen molar-refractivity contribution in [3.8, 4) is 0 Å². The molecule has 1 N–H and O–H groups in total. The number of nitrogens with zero attached hydrogens (tertiary/aromatic N) is 2. The molecule has 0 amide bonds. The van der Waals surface area contributed by atoms with E-state index in [2.05, 4.69) is 54.7 Å². The molecule has 3 rings (SSSR count). The van der Waals surface area contributed by atoms with Crippen molar-refractivity contribution in [2.24, 2.45) is 0 Å². The smallest absolute Gasteiger partial charge is 0.0538 e. The van der Waals surface area contributed by atoms with Gasteiger partial charge in [0.1, 0.15) is 0 Å². The predicted molar refractivity (Wildman–Crippen MR) is 88.7 cm³/mol. The fourth-order valence-electron chi connectivity index (χ4n) is 2.87. The molecule has 2 unspecified atom stereocenters. The van der Waals surface area contributed by atoms with Crippen LogP contribution in [0.4, 0.5) is 0 Å². The molecule has 0 fully saturated rings. The minimum Gasteiger partial charge on any atom is -0.309 e. The van der Waals surface area contributed by atoms with Crippen LogP contribution in [0, 0.1) is 0 Å². The number of hydrogen-bond donors (Lipinski definition) is 1. The molecule has 0 radical (unpaired) electrons. The molecule has 1 aliphatic rings. The van der Waals surface area contributed by atoms with Gasteiger partial charge in [-0.3, -0.25) is 4.68 Å². The maximum Gasteiger partial charge on any atom is 0.0538 e. The Morgan fingerprint density at radius 3 is 2.95 bits per heavy atom. The molecular formula is C17H23N3S. The molecule has 4 heteroatoms. The summed E-state index contributed by atoms with van der Waals surface area (Å²) in [5.41, 5.74) is 2.80. The van der Waals surface area contributed by atoms with Gasteiger partial charge in [-0.05, 0) is 37.9 Å². The summed E-state index contributed by atoms with van der Waals surface area (Å²) in [5, 5.41) is 8.74. The molecule has 0 aliphatic carbocycles. The largest absolute Gasteiger partial charge is 0.309 e. The van der Waals surface area contributed by atoms with E-state index >= 15 is 0 Å². The zero-order valence-electron chi connectivity index (χ0n) is 12.7. The fourth-order valence-corrected chi connectivity index (χ4v) is 4.31. The molecule has 1 aliphatic heterocycles. The van der Waals surface area contributed by atoms with Gasteiger partial charge in [0.2, 0.25) is 0 Å². The second kappa shape index (κ2) is 6.67. The van der Waals surface area contributed by atoms with E-state index in [0.717, 1.165) is 25.9 Å². The van der Waals surface area contributed by atoms with Gasteiger partial charge in [-0.1, -0.05) is 25.1 Å². The average molecular weight is 301 g/mol. The monoisotopic (exact) mass is 301 g/mol. The minimum atomic E-state index is 0.377. The van der Waals surface area contributed by atoms with E-state index in [9.17, 15) is 0 Å². The summed E-state index contributed by atoms with van der Waals surface area (Å²) in [6, 6.07) is 9.16. The summed E-state index contributed by atoms with van der Waals surface area (Å²) in [7, 11) is 0. The molecule has 0 saturated carbocycles. The lowest BCUT2D eigenvalue weighted by Gasteiger charge is -2.23. The summed E-state index contributed by atoms with van der Waals surface area (Å²) in [4.78, 5) is 1.44. The number of benzene rings is 1. The van der Waals surface area contributed by atoms with Gasteiger partial charge in [0.25, 0.3) is 0 Å². The molecular weight excluding hydrogens is 278 g/mol. The van der Waals surface area contributed by atoms with Gasteiger partial charge < -0.3 is 5.32 Å². The number of nitrogens with one attached hydrogen (secondary N) is 1. The maximum absolute atomic E-state index is 4.45. The predicted octanol–water partition coefficient (Wildman–Crippen LogP) is 3.66. The molecule has 112 valence electrons. The van der Waals surface area contributed by atoms with Crippen molar-refractivity contribution in [3.05, 3.63) is 47.8 Å². The van der Waals surface area contributed by atoms with Crippen molar-refractivity contribution in [1.29, 1.82) is 0 Å². The van der Waals surface area contributed by atoms with E-state index in [1.165, 1.54) is 16.0 Å². The third kappa shape index (κ3) is 3.16. The van der Waals surface area contributed by atoms with E-state index in [4.69, 9.17) is 0 Å². The van der Waals surface area contributed by atoms with Crippen molar-refractivity contribution in [2.45, 2.75) is 49.4 Å². The highest BCUT2D eigenvalue weighted by Crippen LogP contribution is 2.42. The zero-order valence-corrected chi connectivity index (χ0v) is 13.6. The normalized spacial score (nSPS) is 18.7. The number of hydrogen-bond acceptors (Lipinski definition) is 3. The summed E-state index contributed by atoms with van der Waals surface area (Å²) in [6.07, 6.45) is 6.51. The highest BCUT2D eigenvalue weighted by Gasteiger charge is 2.30. The van der Waals surface area contributed by atoms with Crippen LogP contribution in [-0.2, 0) is 13.0 Å². The van der Waals surface area contributed by atoms with Crippen LogP contribution in [0.15, 0.2) is 41.6 Å². The molecule has 2 heterocycles. The third-order valence-electron chi connectivity index (χ3n) is 3.99. The van der Waals surface area contributed by atoms with Gasteiger partial charge in [0, 0.05) is 34.5 Å². The number of aromatic nitrogens is 2. The molecule has 0 spiro atoms. The Morgan fingerprint density at radius 1 is 1.38 bits per heavy atom. The summed E-state index contributed by atoms with van der Waals surface area (Å²) in [5.74, 6) is 0. The van der Waals surface area contributed by atoms with Crippen molar-refractivity contribution in [2.75, 3.05) is 6.54 Å². The first-order valence-corrected chi connectivity index (χ1v) is 8.70. The Balaban J connectivity index is 1.80. The molecule has 0 bridgehead atoms. The Labute approximate surface area is 131 Å². The Kier molecular flexibility index (Phi) is 4.66. The molecule has 2 aromatic rings. The Bertz CT molecular complexity index is 568. The zero-order chi connectivity index (χ0) is 14.7. The lowest BCUT2D eigenvalue weighted by Crippen LogP contribution is -2.30. The fraction of sp³-hybridized carbons (Fsp3) is 0.471. The van der Waals surface area contributed by atoms with E-state index < -0.39 is 0 Å². The first kappa shape index (κ1) is 14.7. The van der Waals surface area contributed by atoms with Crippen molar-refractivity contribution in [3.63, 3.8) is 0 Å². The number of thioether (sulfide) groups is 1. The van der Waals surface area contributed by atoms with Gasteiger partial charge in [-0.25, -0.2) is 0 Å². The van der Waals surface area contributed by atoms with Gasteiger partial charge in [0.15, 0.2) is 0 Å². The number of rotatable bonds is 6. The molecule has 3 nitrogen and oxygen atoms in total. The topological polar surface area (TPSA) is 29.9 Å². The second-order valence-corrected chi connectivity index (χ2v) is 6.81. The van der Waals surface area contributed by atoms with Crippen molar-refractivity contribution >= 4 is 11.8 Å². The molecule has 2 atom stereocenters. The molecule has 0 saturated heterocycles. The van der Waals surface area contributed by atoms with E-state index in [1.54, 1.807) is 0 Å². The van der Waals surface area contributed by atoms with E-state index in [1.807, 2.05) is 22.6 Å². The third-order valence-corrected chi connectivity index (χ3v) is 5.39. The first-order valence-electron chi connectivity index (χ1n) is 7.82. The minimum absolute atomic E-state index is 0.377. The highest BCUT2D eigenvalue weighted by molar-refractivity contribution is 8.00. The number of aryl methyl sites for hydroxylation is 1.